The second kappa shape index (κ2) is 7.42. The van der Waals surface area contributed by atoms with Gasteiger partial charge in [0.25, 0.3) is 0 Å². The zero-order valence-corrected chi connectivity index (χ0v) is 14.7. The molecule has 1 aliphatic rings. The Kier molecular flexibility index (Phi) is 6.08. The Labute approximate surface area is 138 Å². The summed E-state index contributed by atoms with van der Waals surface area (Å²) in [6.45, 7) is 1.92. The molecular weight excluding hydrogens is 380 g/mol. The molecule has 0 aromatic heterocycles. The van der Waals surface area contributed by atoms with Gasteiger partial charge in [0.05, 0.1) is 19.0 Å². The molecule has 118 valence electrons. The number of halogens is 2. The summed E-state index contributed by atoms with van der Waals surface area (Å²) >= 11 is 3.41. The second-order valence-electron chi connectivity index (χ2n) is 5.42. The molecular formula is C14H18BrClO4S. The van der Waals surface area contributed by atoms with Gasteiger partial charge in [0.1, 0.15) is 0 Å². The number of hydrogen-bond donors (Lipinski definition) is 0. The highest BCUT2D eigenvalue weighted by molar-refractivity contribution is 9.10. The van der Waals surface area contributed by atoms with Crippen LogP contribution in [0, 0.1) is 5.41 Å². The van der Waals surface area contributed by atoms with Crippen LogP contribution in [-0.4, -0.2) is 34.0 Å². The number of benzene rings is 1. The SMILES string of the molecule is O=S(=O)(Cl)CC1(COCc2cccc(Br)c2)CCOCC1. The van der Waals surface area contributed by atoms with E-state index >= 15 is 0 Å². The van der Waals surface area contributed by atoms with Crippen molar-refractivity contribution in [2.24, 2.45) is 5.41 Å². The predicted molar refractivity (Wildman–Crippen MR) is 85.9 cm³/mol. The smallest absolute Gasteiger partial charge is 0.233 e. The zero-order valence-electron chi connectivity index (χ0n) is 11.6. The standard InChI is InChI=1S/C14H18BrClO4S/c15-13-3-1-2-12(8-13)9-20-10-14(11-21(16,17)18)4-6-19-7-5-14/h1-3,8H,4-7,9-11H2. The molecule has 7 heteroatoms. The molecule has 2 rings (SSSR count). The molecule has 0 saturated carbocycles. The van der Waals surface area contributed by atoms with E-state index in [1.807, 2.05) is 24.3 Å². The molecule has 0 bridgehead atoms. The molecule has 0 amide bonds. The Balaban J connectivity index is 1.96. The molecule has 21 heavy (non-hydrogen) atoms. The van der Waals surface area contributed by atoms with Gasteiger partial charge in [-0.15, -0.1) is 0 Å². The first-order valence-electron chi connectivity index (χ1n) is 6.71. The summed E-state index contributed by atoms with van der Waals surface area (Å²) in [5.41, 5.74) is 0.602. The summed E-state index contributed by atoms with van der Waals surface area (Å²) in [5.74, 6) is -0.0661. The van der Waals surface area contributed by atoms with Crippen molar-refractivity contribution in [3.8, 4) is 0 Å². The van der Waals surface area contributed by atoms with E-state index in [1.54, 1.807) is 0 Å². The molecule has 1 fully saturated rings. The summed E-state index contributed by atoms with van der Waals surface area (Å²) in [6, 6.07) is 7.84. The first-order chi connectivity index (χ1) is 9.89. The van der Waals surface area contributed by atoms with Crippen LogP contribution in [0.15, 0.2) is 28.7 Å². The fraction of sp³-hybridized carbons (Fsp3) is 0.571. The van der Waals surface area contributed by atoms with Gasteiger partial charge in [-0.3, -0.25) is 0 Å². The lowest BCUT2D eigenvalue weighted by Gasteiger charge is -2.35. The van der Waals surface area contributed by atoms with Gasteiger partial charge in [0.2, 0.25) is 9.05 Å². The van der Waals surface area contributed by atoms with E-state index in [9.17, 15) is 8.42 Å². The maximum atomic E-state index is 11.4. The van der Waals surface area contributed by atoms with Crippen molar-refractivity contribution in [2.75, 3.05) is 25.6 Å². The molecule has 1 aromatic rings. The van der Waals surface area contributed by atoms with Crippen LogP contribution in [0.25, 0.3) is 0 Å². The molecule has 0 atom stereocenters. The largest absolute Gasteiger partial charge is 0.381 e. The molecule has 0 aliphatic carbocycles. The van der Waals surface area contributed by atoms with Gasteiger partial charge in [-0.2, -0.15) is 0 Å². The van der Waals surface area contributed by atoms with Gasteiger partial charge in [0, 0.05) is 33.8 Å². The predicted octanol–water partition coefficient (Wildman–Crippen LogP) is 3.33. The average molecular weight is 398 g/mol. The van der Waals surface area contributed by atoms with Crippen LogP contribution in [0.1, 0.15) is 18.4 Å². The second-order valence-corrected chi connectivity index (χ2v) is 9.11. The van der Waals surface area contributed by atoms with E-state index in [1.165, 1.54) is 0 Å². The van der Waals surface area contributed by atoms with Crippen LogP contribution in [0.3, 0.4) is 0 Å². The van der Waals surface area contributed by atoms with Crippen molar-refractivity contribution in [3.63, 3.8) is 0 Å². The highest BCUT2D eigenvalue weighted by Gasteiger charge is 2.37. The minimum absolute atomic E-state index is 0.0661. The zero-order chi connectivity index (χ0) is 15.3. The van der Waals surface area contributed by atoms with Crippen molar-refractivity contribution >= 4 is 35.7 Å². The van der Waals surface area contributed by atoms with Crippen molar-refractivity contribution in [2.45, 2.75) is 19.4 Å². The first kappa shape index (κ1) is 17.2. The molecule has 0 radical (unpaired) electrons. The van der Waals surface area contributed by atoms with E-state index in [4.69, 9.17) is 20.2 Å². The lowest BCUT2D eigenvalue weighted by molar-refractivity contribution is -0.0323. The summed E-state index contributed by atoms with van der Waals surface area (Å²) in [7, 11) is 1.89. The van der Waals surface area contributed by atoms with E-state index in [0.717, 1.165) is 10.0 Å². The maximum absolute atomic E-state index is 11.4. The van der Waals surface area contributed by atoms with Crippen LogP contribution in [0.5, 0.6) is 0 Å². The number of ether oxygens (including phenoxy) is 2. The Morgan fingerprint density at radius 2 is 2.05 bits per heavy atom. The Bertz CT molecular complexity index is 570. The van der Waals surface area contributed by atoms with Gasteiger partial charge in [-0.05, 0) is 30.5 Å². The minimum atomic E-state index is -3.55. The third-order valence-electron chi connectivity index (χ3n) is 3.60. The molecule has 1 saturated heterocycles. The molecule has 4 nitrogen and oxygen atoms in total. The lowest BCUT2D eigenvalue weighted by Crippen LogP contribution is -2.39. The van der Waals surface area contributed by atoms with Crippen molar-refractivity contribution < 1.29 is 17.9 Å². The molecule has 1 aromatic carbocycles. The first-order valence-corrected chi connectivity index (χ1v) is 9.98. The minimum Gasteiger partial charge on any atom is -0.381 e. The third-order valence-corrected chi connectivity index (χ3v) is 5.38. The molecule has 1 heterocycles. The van der Waals surface area contributed by atoms with E-state index < -0.39 is 14.5 Å². The van der Waals surface area contributed by atoms with Crippen molar-refractivity contribution in [1.29, 1.82) is 0 Å². The van der Waals surface area contributed by atoms with Gasteiger partial charge >= 0.3 is 0 Å². The van der Waals surface area contributed by atoms with Crippen LogP contribution in [-0.2, 0) is 25.1 Å². The summed E-state index contributed by atoms with van der Waals surface area (Å²) in [6.07, 6.45) is 1.30. The van der Waals surface area contributed by atoms with Gasteiger partial charge in [-0.1, -0.05) is 28.1 Å². The average Bonchev–Trinajstić information content (AvgIpc) is 2.37. The van der Waals surface area contributed by atoms with E-state index in [2.05, 4.69) is 15.9 Å². The fourth-order valence-corrected chi connectivity index (χ4v) is 4.76. The fourth-order valence-electron chi connectivity index (χ4n) is 2.51. The van der Waals surface area contributed by atoms with Crippen LogP contribution in [0.2, 0.25) is 0 Å². The molecule has 1 aliphatic heterocycles. The Morgan fingerprint density at radius 3 is 2.67 bits per heavy atom. The molecule has 0 N–H and O–H groups in total. The highest BCUT2D eigenvalue weighted by Crippen LogP contribution is 2.33. The molecule has 0 spiro atoms. The van der Waals surface area contributed by atoms with Crippen LogP contribution < -0.4 is 0 Å². The maximum Gasteiger partial charge on any atom is 0.233 e. The lowest BCUT2D eigenvalue weighted by atomic mass is 9.83. The summed E-state index contributed by atoms with van der Waals surface area (Å²) in [4.78, 5) is 0. The number of rotatable bonds is 6. The normalized spacial score (nSPS) is 18.6. The van der Waals surface area contributed by atoms with Crippen molar-refractivity contribution in [3.05, 3.63) is 34.3 Å². The van der Waals surface area contributed by atoms with E-state index in [-0.39, 0.29) is 5.75 Å². The Hall–Kier alpha value is -0.140. The third kappa shape index (κ3) is 5.87. The highest BCUT2D eigenvalue weighted by atomic mass is 79.9. The van der Waals surface area contributed by atoms with Crippen LogP contribution in [0.4, 0.5) is 0 Å². The van der Waals surface area contributed by atoms with Crippen LogP contribution >= 0.6 is 26.6 Å². The van der Waals surface area contributed by atoms with Crippen molar-refractivity contribution in [1.82, 2.24) is 0 Å². The molecule has 0 unspecified atom stereocenters. The van der Waals surface area contributed by atoms with Gasteiger partial charge in [0.15, 0.2) is 0 Å². The summed E-state index contributed by atoms with van der Waals surface area (Å²) in [5, 5.41) is 0. The summed E-state index contributed by atoms with van der Waals surface area (Å²) < 4.78 is 35.0. The Morgan fingerprint density at radius 1 is 1.33 bits per heavy atom. The monoisotopic (exact) mass is 396 g/mol. The number of hydrogen-bond acceptors (Lipinski definition) is 4. The van der Waals surface area contributed by atoms with E-state index in [0.29, 0.717) is 39.3 Å². The quantitative estimate of drug-likeness (QED) is 0.691. The van der Waals surface area contributed by atoms with Gasteiger partial charge < -0.3 is 9.47 Å². The van der Waals surface area contributed by atoms with Gasteiger partial charge in [-0.25, -0.2) is 8.42 Å². The topological polar surface area (TPSA) is 52.6 Å².